The van der Waals surface area contributed by atoms with E-state index in [1.807, 2.05) is 6.07 Å². The van der Waals surface area contributed by atoms with E-state index in [-0.39, 0.29) is 16.6 Å². The summed E-state index contributed by atoms with van der Waals surface area (Å²) in [6.07, 6.45) is 0. The number of aromatic nitrogens is 2. The van der Waals surface area contributed by atoms with E-state index >= 15 is 0 Å². The third kappa shape index (κ3) is 5.04. The van der Waals surface area contributed by atoms with Crippen LogP contribution in [-0.4, -0.2) is 24.3 Å². The molecule has 10 heteroatoms. The Hall–Kier alpha value is -3.50. The van der Waals surface area contributed by atoms with E-state index in [9.17, 15) is 17.6 Å². The number of fused-ring (bicyclic) bond motifs is 1. The zero-order chi connectivity index (χ0) is 22.7. The summed E-state index contributed by atoms with van der Waals surface area (Å²) in [5, 5.41) is 3.04. The van der Waals surface area contributed by atoms with E-state index in [2.05, 4.69) is 20.0 Å². The molecule has 0 unspecified atom stereocenters. The van der Waals surface area contributed by atoms with Gasteiger partial charge in [-0.25, -0.2) is 22.8 Å². The first kappa shape index (κ1) is 21.7. The van der Waals surface area contributed by atoms with Gasteiger partial charge in [0.1, 0.15) is 10.8 Å². The number of rotatable bonds is 6. The van der Waals surface area contributed by atoms with Crippen LogP contribution in [0.15, 0.2) is 87.6 Å². The topological polar surface area (TPSA) is 101 Å². The average molecular weight is 469 g/mol. The number of carbonyl (C=O) groups is 1. The van der Waals surface area contributed by atoms with Gasteiger partial charge >= 0.3 is 0 Å². The average Bonchev–Trinajstić information content (AvgIpc) is 2.75. The van der Waals surface area contributed by atoms with Crippen molar-refractivity contribution in [1.29, 1.82) is 0 Å². The Kier molecular flexibility index (Phi) is 6.06. The molecule has 7 nitrogen and oxygen atoms in total. The zero-order valence-corrected chi connectivity index (χ0v) is 18.4. The number of hydrogen-bond acceptors (Lipinski definition) is 6. The maximum Gasteiger partial charge on any atom is 0.263 e. The van der Waals surface area contributed by atoms with Crippen molar-refractivity contribution in [3.05, 3.63) is 78.6 Å². The third-order valence-electron chi connectivity index (χ3n) is 4.28. The lowest BCUT2D eigenvalue weighted by atomic mass is 10.3. The number of anilines is 2. The second-order valence-corrected chi connectivity index (χ2v) is 9.48. The number of sulfonamides is 1. The van der Waals surface area contributed by atoms with Gasteiger partial charge in [-0.3, -0.25) is 9.52 Å². The van der Waals surface area contributed by atoms with E-state index in [0.717, 1.165) is 17.0 Å². The molecule has 0 aliphatic carbocycles. The van der Waals surface area contributed by atoms with Crippen molar-refractivity contribution < 1.29 is 17.6 Å². The molecule has 0 saturated carbocycles. The monoisotopic (exact) mass is 468 g/mol. The molecule has 162 valence electrons. The summed E-state index contributed by atoms with van der Waals surface area (Å²) in [5.41, 5.74) is 1.77. The Morgan fingerprint density at radius 1 is 0.906 bits per heavy atom. The van der Waals surface area contributed by atoms with Crippen molar-refractivity contribution in [2.75, 3.05) is 10.0 Å². The largest absolute Gasteiger partial charge is 0.326 e. The first-order valence-corrected chi connectivity index (χ1v) is 11.7. The number of benzene rings is 3. The van der Waals surface area contributed by atoms with Crippen molar-refractivity contribution in [3.63, 3.8) is 0 Å². The van der Waals surface area contributed by atoms with E-state index in [1.54, 1.807) is 42.5 Å². The number of carbonyl (C=O) groups excluding carboxylic acids is 1. The van der Waals surface area contributed by atoms with E-state index in [0.29, 0.717) is 21.7 Å². The molecule has 0 aliphatic rings. The minimum absolute atomic E-state index is 0.0592. The second kappa shape index (κ2) is 8.93. The minimum Gasteiger partial charge on any atom is -0.326 e. The van der Waals surface area contributed by atoms with Crippen LogP contribution in [0.2, 0.25) is 0 Å². The number of nitrogens with one attached hydrogen (secondary N) is 2. The molecule has 4 rings (SSSR count). The summed E-state index contributed by atoms with van der Waals surface area (Å²) >= 11 is 1.22. The van der Waals surface area contributed by atoms with Gasteiger partial charge in [-0.1, -0.05) is 23.9 Å². The summed E-state index contributed by atoms with van der Waals surface area (Å²) in [5.74, 6) is -0.652. The Labute approximate surface area is 188 Å². The fourth-order valence-corrected chi connectivity index (χ4v) is 4.75. The number of halogens is 1. The summed E-state index contributed by atoms with van der Waals surface area (Å²) in [6, 6.07) is 18.7. The Balaban J connectivity index is 1.70. The summed E-state index contributed by atoms with van der Waals surface area (Å²) < 4.78 is 41.4. The molecular weight excluding hydrogens is 451 g/mol. The minimum atomic E-state index is -4.01. The highest BCUT2D eigenvalue weighted by Gasteiger charge is 2.19. The molecule has 32 heavy (non-hydrogen) atoms. The molecule has 2 N–H and O–H groups in total. The summed E-state index contributed by atoms with van der Waals surface area (Å²) in [4.78, 5) is 20.9. The molecule has 0 spiro atoms. The fraction of sp³-hybridized carbons (Fsp3) is 0.0455. The van der Waals surface area contributed by atoms with Gasteiger partial charge in [0.05, 0.1) is 15.9 Å². The molecular formula is C22H17FN4O3S2. The number of amides is 1. The van der Waals surface area contributed by atoms with Gasteiger partial charge in [-0.15, -0.1) is 0 Å². The van der Waals surface area contributed by atoms with Crippen molar-refractivity contribution in [1.82, 2.24) is 9.97 Å². The van der Waals surface area contributed by atoms with Crippen molar-refractivity contribution in [2.24, 2.45) is 0 Å². The highest BCUT2D eigenvalue weighted by Crippen LogP contribution is 2.34. The van der Waals surface area contributed by atoms with Crippen LogP contribution in [0.4, 0.5) is 15.9 Å². The lowest BCUT2D eigenvalue weighted by Gasteiger charge is -2.12. The number of nitrogens with zero attached hydrogens (tertiary/aromatic N) is 2. The van der Waals surface area contributed by atoms with Gasteiger partial charge in [-0.05, 0) is 60.7 Å². The van der Waals surface area contributed by atoms with Gasteiger partial charge in [-0.2, -0.15) is 0 Å². The van der Waals surface area contributed by atoms with Crippen molar-refractivity contribution in [3.8, 4) is 0 Å². The molecule has 1 aromatic heterocycles. The Morgan fingerprint density at radius 3 is 2.16 bits per heavy atom. The van der Waals surface area contributed by atoms with E-state index in [4.69, 9.17) is 0 Å². The molecule has 0 bridgehead atoms. The molecule has 4 aromatic rings. The first-order chi connectivity index (χ1) is 15.3. The lowest BCUT2D eigenvalue weighted by molar-refractivity contribution is -0.114. The first-order valence-electron chi connectivity index (χ1n) is 9.41. The SMILES string of the molecule is CC(=O)Nc1ccc(Sc2nc3ccccc3nc2NS(=O)(=O)c2ccc(F)cc2)cc1. The summed E-state index contributed by atoms with van der Waals surface area (Å²) in [6.45, 7) is 1.42. The quantitative estimate of drug-likeness (QED) is 0.426. The fourth-order valence-electron chi connectivity index (χ4n) is 2.84. The van der Waals surface area contributed by atoms with Crippen LogP contribution in [0, 0.1) is 5.82 Å². The van der Waals surface area contributed by atoms with Gasteiger partial charge in [0, 0.05) is 17.5 Å². The molecule has 1 heterocycles. The van der Waals surface area contributed by atoms with Crippen LogP contribution in [0.5, 0.6) is 0 Å². The molecule has 1 amide bonds. The maximum absolute atomic E-state index is 13.2. The van der Waals surface area contributed by atoms with Crippen molar-refractivity contribution >= 4 is 50.2 Å². The Morgan fingerprint density at radius 2 is 1.53 bits per heavy atom. The van der Waals surface area contributed by atoms with E-state index < -0.39 is 15.8 Å². The predicted octanol–water partition coefficient (Wildman–Crippen LogP) is 4.68. The van der Waals surface area contributed by atoms with Crippen LogP contribution < -0.4 is 10.0 Å². The van der Waals surface area contributed by atoms with Crippen LogP contribution in [0.25, 0.3) is 11.0 Å². The van der Waals surface area contributed by atoms with Gasteiger partial charge in [0.2, 0.25) is 5.91 Å². The highest BCUT2D eigenvalue weighted by molar-refractivity contribution is 7.99. The molecule has 0 radical (unpaired) electrons. The normalized spacial score (nSPS) is 11.3. The number of hydrogen-bond donors (Lipinski definition) is 2. The van der Waals surface area contributed by atoms with E-state index in [1.165, 1.54) is 30.8 Å². The van der Waals surface area contributed by atoms with Crippen LogP contribution in [-0.2, 0) is 14.8 Å². The predicted molar refractivity (Wildman–Crippen MR) is 122 cm³/mol. The molecule has 0 fully saturated rings. The van der Waals surface area contributed by atoms with Gasteiger partial charge in [0.25, 0.3) is 10.0 Å². The highest BCUT2D eigenvalue weighted by atomic mass is 32.2. The third-order valence-corrected chi connectivity index (χ3v) is 6.62. The standard InChI is InChI=1S/C22H17FN4O3S2/c1-14(28)24-16-8-10-17(11-9-16)31-22-21(25-19-4-2-3-5-20(19)26-22)27-32(29,30)18-12-6-15(23)7-13-18/h2-13H,1H3,(H,24,28)(H,25,27). The maximum atomic E-state index is 13.2. The lowest BCUT2D eigenvalue weighted by Crippen LogP contribution is -2.15. The number of para-hydroxylation sites is 2. The second-order valence-electron chi connectivity index (χ2n) is 6.73. The summed E-state index contributed by atoms with van der Waals surface area (Å²) in [7, 11) is -4.01. The molecule has 0 atom stereocenters. The smallest absolute Gasteiger partial charge is 0.263 e. The molecule has 3 aromatic carbocycles. The molecule has 0 saturated heterocycles. The molecule has 0 aliphatic heterocycles. The van der Waals surface area contributed by atoms with Crippen molar-refractivity contribution in [2.45, 2.75) is 21.7 Å². The van der Waals surface area contributed by atoms with Crippen LogP contribution in [0.1, 0.15) is 6.92 Å². The van der Waals surface area contributed by atoms with Gasteiger partial charge < -0.3 is 5.32 Å². The van der Waals surface area contributed by atoms with Crippen LogP contribution >= 0.6 is 11.8 Å². The Bertz CT molecular complexity index is 1390. The zero-order valence-electron chi connectivity index (χ0n) is 16.7. The van der Waals surface area contributed by atoms with Gasteiger partial charge in [0.15, 0.2) is 5.82 Å². The van der Waals surface area contributed by atoms with Crippen LogP contribution in [0.3, 0.4) is 0 Å².